The van der Waals surface area contributed by atoms with Crippen LogP contribution >= 0.6 is 0 Å². The van der Waals surface area contributed by atoms with Gasteiger partial charge in [-0.2, -0.15) is 0 Å². The Kier molecular flexibility index (Phi) is 4.14. The Bertz CT molecular complexity index is 1060. The molecule has 0 saturated carbocycles. The second-order valence-electron chi connectivity index (χ2n) is 8.10. The van der Waals surface area contributed by atoms with E-state index in [2.05, 4.69) is 5.32 Å². The molecule has 7 nitrogen and oxygen atoms in total. The number of nitrogens with zero attached hydrogens (tertiary/aromatic N) is 3. The molecular weight excluding hydrogens is 387 g/mol. The number of fused-ring (bicyclic) bond motifs is 4. The average Bonchev–Trinajstić information content (AvgIpc) is 2.73. The minimum absolute atomic E-state index is 0.0381. The van der Waals surface area contributed by atoms with Gasteiger partial charge in [0.2, 0.25) is 5.91 Å². The molecule has 3 heterocycles. The van der Waals surface area contributed by atoms with Crippen molar-refractivity contribution in [2.24, 2.45) is 5.41 Å². The van der Waals surface area contributed by atoms with Gasteiger partial charge in [-0.3, -0.25) is 14.9 Å². The number of rotatable bonds is 1. The predicted molar refractivity (Wildman–Crippen MR) is 109 cm³/mol. The monoisotopic (exact) mass is 408 g/mol. The van der Waals surface area contributed by atoms with Gasteiger partial charge >= 0.3 is 6.03 Å². The minimum Gasteiger partial charge on any atom is -0.362 e. The number of hydrogen-bond donors (Lipinski definition) is 1. The van der Waals surface area contributed by atoms with Gasteiger partial charge in [0.05, 0.1) is 17.4 Å². The molecule has 1 N–H and O–H groups in total. The van der Waals surface area contributed by atoms with Crippen LogP contribution in [0.25, 0.3) is 0 Å². The molecule has 2 unspecified atom stereocenters. The van der Waals surface area contributed by atoms with Crippen molar-refractivity contribution in [1.82, 2.24) is 10.2 Å². The first-order valence-corrected chi connectivity index (χ1v) is 9.91. The van der Waals surface area contributed by atoms with E-state index in [1.807, 2.05) is 16.8 Å². The second kappa shape index (κ2) is 6.63. The SMILES string of the molecule is CN1CCN2c3c(F)cccc3CC3(C(=O)NC(=O)N(c4ccccc4)C3=O)C2C1. The number of carbonyl (C=O) groups excluding carboxylic acids is 3. The van der Waals surface area contributed by atoms with Gasteiger partial charge in [0.15, 0.2) is 5.41 Å². The van der Waals surface area contributed by atoms with E-state index in [0.29, 0.717) is 36.6 Å². The molecule has 3 aliphatic rings. The molecule has 2 fully saturated rings. The van der Waals surface area contributed by atoms with Crippen molar-refractivity contribution in [1.29, 1.82) is 0 Å². The lowest BCUT2D eigenvalue weighted by molar-refractivity contribution is -0.145. The number of urea groups is 1. The quantitative estimate of drug-likeness (QED) is 0.729. The second-order valence-corrected chi connectivity index (χ2v) is 8.10. The van der Waals surface area contributed by atoms with Crippen molar-refractivity contribution < 1.29 is 18.8 Å². The van der Waals surface area contributed by atoms with Gasteiger partial charge in [-0.15, -0.1) is 0 Å². The van der Waals surface area contributed by atoms with E-state index in [9.17, 15) is 18.8 Å². The number of para-hydroxylation sites is 2. The molecule has 2 aromatic rings. The molecule has 0 aromatic heterocycles. The average molecular weight is 408 g/mol. The highest BCUT2D eigenvalue weighted by Crippen LogP contribution is 2.46. The van der Waals surface area contributed by atoms with Gasteiger partial charge in [0, 0.05) is 19.6 Å². The number of imide groups is 2. The number of anilines is 2. The van der Waals surface area contributed by atoms with Gasteiger partial charge in [0.25, 0.3) is 5.91 Å². The van der Waals surface area contributed by atoms with Crippen LogP contribution < -0.4 is 15.1 Å². The lowest BCUT2D eigenvalue weighted by Crippen LogP contribution is -2.75. The molecule has 1 spiro atoms. The first kappa shape index (κ1) is 18.7. The molecule has 0 aliphatic carbocycles. The molecule has 3 aliphatic heterocycles. The number of nitrogens with one attached hydrogen (secondary N) is 1. The van der Waals surface area contributed by atoms with E-state index in [0.717, 1.165) is 4.90 Å². The van der Waals surface area contributed by atoms with Gasteiger partial charge in [-0.25, -0.2) is 14.1 Å². The number of likely N-dealkylation sites (N-methyl/N-ethyl adjacent to an activating group) is 1. The smallest absolute Gasteiger partial charge is 0.335 e. The third-order valence-corrected chi connectivity index (χ3v) is 6.41. The number of halogens is 1. The van der Waals surface area contributed by atoms with Crippen LogP contribution in [-0.2, 0) is 16.0 Å². The summed E-state index contributed by atoms with van der Waals surface area (Å²) in [7, 11) is 1.91. The lowest BCUT2D eigenvalue weighted by atomic mass is 9.67. The Morgan fingerprint density at radius 2 is 1.80 bits per heavy atom. The first-order chi connectivity index (χ1) is 14.4. The van der Waals surface area contributed by atoms with E-state index in [-0.39, 0.29) is 12.2 Å². The van der Waals surface area contributed by atoms with E-state index in [4.69, 9.17) is 0 Å². The molecule has 0 radical (unpaired) electrons. The van der Waals surface area contributed by atoms with Crippen molar-refractivity contribution in [2.45, 2.75) is 12.5 Å². The zero-order valence-corrected chi connectivity index (χ0v) is 16.5. The summed E-state index contributed by atoms with van der Waals surface area (Å²) < 4.78 is 14.8. The zero-order chi connectivity index (χ0) is 21.0. The zero-order valence-electron chi connectivity index (χ0n) is 16.5. The number of carbonyl (C=O) groups is 3. The van der Waals surface area contributed by atoms with Gasteiger partial charge in [-0.1, -0.05) is 30.3 Å². The predicted octanol–water partition coefficient (Wildman–Crippen LogP) is 1.77. The summed E-state index contributed by atoms with van der Waals surface area (Å²) in [5, 5.41) is 2.40. The van der Waals surface area contributed by atoms with Crippen LogP contribution in [0.15, 0.2) is 48.5 Å². The summed E-state index contributed by atoms with van der Waals surface area (Å²) in [5.41, 5.74) is -0.0848. The normalized spacial score (nSPS) is 26.5. The van der Waals surface area contributed by atoms with Crippen molar-refractivity contribution in [3.63, 3.8) is 0 Å². The van der Waals surface area contributed by atoms with E-state index >= 15 is 0 Å². The van der Waals surface area contributed by atoms with Crippen LogP contribution in [0.4, 0.5) is 20.6 Å². The molecule has 2 atom stereocenters. The molecule has 4 amide bonds. The van der Waals surface area contributed by atoms with Crippen molar-refractivity contribution in [2.75, 3.05) is 36.5 Å². The largest absolute Gasteiger partial charge is 0.362 e. The maximum absolute atomic E-state index is 14.8. The van der Waals surface area contributed by atoms with Crippen molar-refractivity contribution in [3.05, 3.63) is 59.9 Å². The van der Waals surface area contributed by atoms with Crippen molar-refractivity contribution in [3.8, 4) is 0 Å². The molecular formula is C22H21FN4O3. The molecule has 8 heteroatoms. The van der Waals surface area contributed by atoms with E-state index in [1.165, 1.54) is 6.07 Å². The van der Waals surface area contributed by atoms with Gasteiger partial charge in [0.1, 0.15) is 5.82 Å². The molecule has 2 saturated heterocycles. The van der Waals surface area contributed by atoms with Crippen molar-refractivity contribution >= 4 is 29.2 Å². The Labute approximate surface area is 173 Å². The van der Waals surface area contributed by atoms with Crippen LogP contribution in [0, 0.1) is 11.2 Å². The van der Waals surface area contributed by atoms with Gasteiger partial charge in [-0.05, 0) is 37.2 Å². The van der Waals surface area contributed by atoms with Crippen LogP contribution in [0.1, 0.15) is 5.56 Å². The molecule has 0 bridgehead atoms. The molecule has 2 aromatic carbocycles. The number of amides is 4. The molecule has 30 heavy (non-hydrogen) atoms. The van der Waals surface area contributed by atoms with Crippen LogP contribution in [0.3, 0.4) is 0 Å². The first-order valence-electron chi connectivity index (χ1n) is 9.91. The fourth-order valence-corrected chi connectivity index (χ4v) is 4.97. The van der Waals surface area contributed by atoms with Gasteiger partial charge < -0.3 is 9.80 Å². The minimum atomic E-state index is -1.53. The Hall–Kier alpha value is -3.26. The highest BCUT2D eigenvalue weighted by molar-refractivity contribution is 6.30. The Balaban J connectivity index is 1.69. The summed E-state index contributed by atoms with van der Waals surface area (Å²) in [4.78, 5) is 44.8. The summed E-state index contributed by atoms with van der Waals surface area (Å²) in [5.74, 6) is -1.55. The Morgan fingerprint density at radius 3 is 2.57 bits per heavy atom. The summed E-state index contributed by atoms with van der Waals surface area (Å²) in [6.45, 7) is 1.57. The highest BCUT2D eigenvalue weighted by atomic mass is 19.1. The number of benzene rings is 2. The number of piperazine rings is 1. The van der Waals surface area contributed by atoms with Crippen LogP contribution in [0.5, 0.6) is 0 Å². The maximum atomic E-state index is 14.8. The summed E-state index contributed by atoms with van der Waals surface area (Å²) >= 11 is 0. The topological polar surface area (TPSA) is 73.0 Å². The number of barbiturate groups is 1. The maximum Gasteiger partial charge on any atom is 0.335 e. The summed E-state index contributed by atoms with van der Waals surface area (Å²) in [6.07, 6.45) is 0.0381. The fourth-order valence-electron chi connectivity index (χ4n) is 4.97. The van der Waals surface area contributed by atoms with Crippen LogP contribution in [-0.4, -0.2) is 55.5 Å². The number of hydrogen-bond acceptors (Lipinski definition) is 5. The Morgan fingerprint density at radius 1 is 1.03 bits per heavy atom. The molecule has 154 valence electrons. The van der Waals surface area contributed by atoms with E-state index in [1.54, 1.807) is 42.5 Å². The fraction of sp³-hybridized carbons (Fsp3) is 0.318. The standard InChI is InChI=1S/C22H21FN4O3/c1-25-10-11-26-17(13-25)22(12-14-6-5-9-16(23)18(14)26)19(28)24-21(30)27(20(22)29)15-7-3-2-4-8-15/h2-9,17H,10-13H2,1H3,(H,24,28,30). The lowest BCUT2D eigenvalue weighted by Gasteiger charge is -2.54. The summed E-state index contributed by atoms with van der Waals surface area (Å²) in [6, 6.07) is 11.9. The highest BCUT2D eigenvalue weighted by Gasteiger charge is 2.63. The third kappa shape index (κ3) is 2.50. The van der Waals surface area contributed by atoms with Crippen LogP contribution in [0.2, 0.25) is 0 Å². The van der Waals surface area contributed by atoms with E-state index < -0.39 is 29.3 Å². The molecule has 5 rings (SSSR count). The third-order valence-electron chi connectivity index (χ3n) is 6.41.